The maximum atomic E-state index is 6.21. The van der Waals surface area contributed by atoms with Crippen molar-refractivity contribution in [3.63, 3.8) is 0 Å². The molecule has 2 N–H and O–H groups in total. The van der Waals surface area contributed by atoms with Crippen molar-refractivity contribution in [2.45, 2.75) is 26.4 Å². The Kier molecular flexibility index (Phi) is 5.23. The van der Waals surface area contributed by atoms with Crippen molar-refractivity contribution in [1.82, 2.24) is 4.98 Å². The van der Waals surface area contributed by atoms with Gasteiger partial charge >= 0.3 is 0 Å². The molecule has 3 aromatic rings. The molecule has 31 heavy (non-hydrogen) atoms. The highest BCUT2D eigenvalue weighted by molar-refractivity contribution is 6.41. The van der Waals surface area contributed by atoms with Crippen molar-refractivity contribution in [2.75, 3.05) is 14.2 Å². The molecule has 1 unspecified atom stereocenters. The summed E-state index contributed by atoms with van der Waals surface area (Å²) in [6.45, 7) is 5.95. The van der Waals surface area contributed by atoms with Crippen molar-refractivity contribution in [3.8, 4) is 22.8 Å². The Morgan fingerprint density at radius 2 is 1.55 bits per heavy atom. The van der Waals surface area contributed by atoms with Gasteiger partial charge in [-0.15, -0.1) is 0 Å². The van der Waals surface area contributed by atoms with E-state index in [1.165, 1.54) is 0 Å². The molecule has 1 atom stereocenters. The number of nitrogens with two attached hydrogens (primary N) is 1. The monoisotopic (exact) mass is 414 g/mol. The highest BCUT2D eigenvalue weighted by atomic mass is 16.5. The topological polar surface area (TPSA) is 82.1 Å². The Morgan fingerprint density at radius 3 is 2.10 bits per heavy atom. The molecule has 0 bridgehead atoms. The number of hydrogen-bond donors (Lipinski definition) is 1. The van der Waals surface area contributed by atoms with Crippen molar-refractivity contribution in [2.24, 2.45) is 15.7 Å². The molecule has 0 aliphatic carbocycles. The predicted molar refractivity (Wildman–Crippen MR) is 124 cm³/mol. The minimum atomic E-state index is -0.939. The molecule has 0 spiro atoms. The van der Waals surface area contributed by atoms with Crippen LogP contribution in [0, 0.1) is 13.8 Å². The SMILES string of the molecule is COc1ccc(-c2cccc(C3(c4cc(C)c(OC)c(C)c4)N=C(C)C(N)=N3)c2)cn1. The number of nitrogens with zero attached hydrogens (tertiary/aromatic N) is 3. The fourth-order valence-electron chi connectivity index (χ4n) is 4.07. The number of pyridine rings is 1. The van der Waals surface area contributed by atoms with Gasteiger partial charge in [0.15, 0.2) is 0 Å². The van der Waals surface area contributed by atoms with Gasteiger partial charge in [0.1, 0.15) is 11.6 Å². The first kappa shape index (κ1) is 20.6. The van der Waals surface area contributed by atoms with E-state index < -0.39 is 5.66 Å². The Morgan fingerprint density at radius 1 is 0.806 bits per heavy atom. The van der Waals surface area contributed by atoms with Gasteiger partial charge < -0.3 is 15.2 Å². The second kappa shape index (κ2) is 7.87. The quantitative estimate of drug-likeness (QED) is 0.670. The summed E-state index contributed by atoms with van der Waals surface area (Å²) in [5, 5.41) is 0. The molecule has 6 nitrogen and oxygen atoms in total. The van der Waals surface area contributed by atoms with E-state index in [1.807, 2.05) is 51.1 Å². The Hall–Kier alpha value is -3.67. The first-order valence-electron chi connectivity index (χ1n) is 10.1. The van der Waals surface area contributed by atoms with Crippen molar-refractivity contribution >= 4 is 11.5 Å². The molecular weight excluding hydrogens is 388 g/mol. The van der Waals surface area contributed by atoms with E-state index in [2.05, 4.69) is 23.2 Å². The van der Waals surface area contributed by atoms with E-state index in [9.17, 15) is 0 Å². The molecule has 1 aliphatic rings. The van der Waals surface area contributed by atoms with Crippen LogP contribution in [0.25, 0.3) is 11.1 Å². The van der Waals surface area contributed by atoms with Gasteiger partial charge in [0.05, 0.1) is 19.9 Å². The maximum Gasteiger partial charge on any atom is 0.212 e. The number of benzene rings is 2. The van der Waals surface area contributed by atoms with Crippen LogP contribution in [0.3, 0.4) is 0 Å². The van der Waals surface area contributed by atoms with E-state index in [1.54, 1.807) is 20.4 Å². The van der Waals surface area contributed by atoms with E-state index in [0.717, 1.165) is 44.8 Å². The van der Waals surface area contributed by atoms with E-state index >= 15 is 0 Å². The minimum Gasteiger partial charge on any atom is -0.496 e. The van der Waals surface area contributed by atoms with Gasteiger partial charge in [0, 0.05) is 29.0 Å². The second-order valence-electron chi connectivity index (χ2n) is 7.68. The average molecular weight is 415 g/mol. The number of aryl methyl sites for hydroxylation is 2. The third-order valence-electron chi connectivity index (χ3n) is 5.59. The molecule has 0 radical (unpaired) electrons. The summed E-state index contributed by atoms with van der Waals surface area (Å²) in [5.74, 6) is 1.89. The van der Waals surface area contributed by atoms with Crippen molar-refractivity contribution in [3.05, 3.63) is 77.0 Å². The standard InChI is InChI=1S/C25H26N4O2/c1-15-11-21(12-16(2)23(15)31-5)25(28-17(3)24(26)29-25)20-8-6-7-18(13-20)19-9-10-22(30-4)27-14-19/h6-14H,1-5H3,(H2,26,29). The molecular formula is C25H26N4O2. The molecule has 0 saturated carbocycles. The molecule has 6 heteroatoms. The number of methoxy groups -OCH3 is 2. The molecule has 0 amide bonds. The molecule has 158 valence electrons. The summed E-state index contributed by atoms with van der Waals surface area (Å²) in [5.41, 5.74) is 11.9. The third kappa shape index (κ3) is 3.54. The van der Waals surface area contributed by atoms with Crippen LogP contribution in [0.5, 0.6) is 11.6 Å². The average Bonchev–Trinajstić information content (AvgIpc) is 3.09. The second-order valence-corrected chi connectivity index (χ2v) is 7.68. The number of ether oxygens (including phenoxy) is 2. The lowest BCUT2D eigenvalue weighted by atomic mass is 9.88. The summed E-state index contributed by atoms with van der Waals surface area (Å²) in [6.07, 6.45) is 1.80. The van der Waals surface area contributed by atoms with Gasteiger partial charge in [-0.05, 0) is 61.7 Å². The van der Waals surface area contributed by atoms with E-state index in [0.29, 0.717) is 11.7 Å². The normalized spacial score (nSPS) is 17.8. The summed E-state index contributed by atoms with van der Waals surface area (Å²) in [6, 6.07) is 16.2. The Bertz CT molecular complexity index is 1160. The molecule has 1 aromatic heterocycles. The zero-order valence-electron chi connectivity index (χ0n) is 18.4. The number of amidine groups is 1. The predicted octanol–water partition coefficient (Wildman–Crippen LogP) is 4.42. The summed E-state index contributed by atoms with van der Waals surface area (Å²) < 4.78 is 10.7. The number of hydrogen-bond acceptors (Lipinski definition) is 6. The lowest BCUT2D eigenvalue weighted by Crippen LogP contribution is -2.23. The molecule has 0 saturated heterocycles. The molecule has 0 fully saturated rings. The minimum absolute atomic E-state index is 0.447. The number of aliphatic imine (C=N–C) groups is 2. The van der Waals surface area contributed by atoms with Gasteiger partial charge in [-0.3, -0.25) is 0 Å². The Balaban J connectivity index is 1.89. The highest BCUT2D eigenvalue weighted by Crippen LogP contribution is 2.42. The van der Waals surface area contributed by atoms with Crippen LogP contribution in [-0.2, 0) is 5.66 Å². The summed E-state index contributed by atoms with van der Waals surface area (Å²) >= 11 is 0. The van der Waals surface area contributed by atoms with Gasteiger partial charge in [0.2, 0.25) is 11.5 Å². The van der Waals surface area contributed by atoms with Crippen molar-refractivity contribution < 1.29 is 9.47 Å². The fraction of sp³-hybridized carbons (Fsp3) is 0.240. The van der Waals surface area contributed by atoms with Crippen LogP contribution in [0.2, 0.25) is 0 Å². The van der Waals surface area contributed by atoms with Gasteiger partial charge in [-0.1, -0.05) is 18.2 Å². The van der Waals surface area contributed by atoms with Gasteiger partial charge in [-0.25, -0.2) is 15.0 Å². The summed E-state index contributed by atoms with van der Waals surface area (Å²) in [7, 11) is 3.29. The van der Waals surface area contributed by atoms with Crippen LogP contribution in [0.4, 0.5) is 0 Å². The van der Waals surface area contributed by atoms with Crippen LogP contribution >= 0.6 is 0 Å². The molecule has 2 aromatic carbocycles. The van der Waals surface area contributed by atoms with Gasteiger partial charge in [-0.2, -0.15) is 0 Å². The lowest BCUT2D eigenvalue weighted by Gasteiger charge is -2.26. The van der Waals surface area contributed by atoms with E-state index in [-0.39, 0.29) is 0 Å². The fourth-order valence-corrected chi connectivity index (χ4v) is 4.07. The first-order chi connectivity index (χ1) is 14.9. The first-order valence-corrected chi connectivity index (χ1v) is 10.1. The molecule has 1 aliphatic heterocycles. The Labute approximate surface area is 182 Å². The van der Waals surface area contributed by atoms with Crippen molar-refractivity contribution in [1.29, 1.82) is 0 Å². The third-order valence-corrected chi connectivity index (χ3v) is 5.59. The smallest absolute Gasteiger partial charge is 0.212 e. The van der Waals surface area contributed by atoms with Crippen LogP contribution in [0.15, 0.2) is 64.7 Å². The summed E-state index contributed by atoms with van der Waals surface area (Å²) in [4.78, 5) is 14.1. The lowest BCUT2D eigenvalue weighted by molar-refractivity contribution is 0.398. The largest absolute Gasteiger partial charge is 0.496 e. The van der Waals surface area contributed by atoms with E-state index in [4.69, 9.17) is 25.2 Å². The van der Waals surface area contributed by atoms with Crippen LogP contribution in [0.1, 0.15) is 29.2 Å². The molecule has 2 heterocycles. The number of aromatic nitrogens is 1. The van der Waals surface area contributed by atoms with Crippen LogP contribution in [-0.4, -0.2) is 30.8 Å². The molecule has 4 rings (SSSR count). The maximum absolute atomic E-state index is 6.21. The van der Waals surface area contributed by atoms with Crippen LogP contribution < -0.4 is 15.2 Å². The highest BCUT2D eigenvalue weighted by Gasteiger charge is 2.39. The zero-order valence-corrected chi connectivity index (χ0v) is 18.4. The van der Waals surface area contributed by atoms with Gasteiger partial charge in [0.25, 0.3) is 0 Å². The number of rotatable bonds is 5. The zero-order chi connectivity index (χ0) is 22.2.